The average molecular weight is 710 g/mol. The van der Waals surface area contributed by atoms with Gasteiger partial charge in [-0.1, -0.05) is 138 Å². The molecular weight excluding hydrogens is 666 g/mol. The Kier molecular flexibility index (Phi) is 12.2. The number of rotatable bonds is 9. The fraction of sp³-hybridized carbons (Fsp3) is 0.0612. The number of hydrogen-bond acceptors (Lipinski definition) is 3. The number of nitrogen functional groups attached to an aromatic ring is 1. The van der Waals surface area contributed by atoms with Crippen molar-refractivity contribution in [2.75, 3.05) is 16.0 Å². The molecule has 0 spiro atoms. The summed E-state index contributed by atoms with van der Waals surface area (Å²) in [5.41, 5.74) is 20.5. The fourth-order valence-corrected chi connectivity index (χ4v) is 5.74. The Morgan fingerprint density at radius 3 is 1.08 bits per heavy atom. The molecule has 0 unspecified atom stereocenters. The van der Waals surface area contributed by atoms with Gasteiger partial charge in [0.15, 0.2) is 0 Å². The summed E-state index contributed by atoms with van der Waals surface area (Å²) in [4.78, 5) is 2.28. The molecule has 7 aromatic carbocycles. The van der Waals surface area contributed by atoms with E-state index in [1.54, 1.807) is 0 Å². The molecule has 262 valence electrons. The van der Waals surface area contributed by atoms with Crippen LogP contribution in [0.3, 0.4) is 0 Å². The second-order valence-corrected chi connectivity index (χ2v) is 13.5. The number of halogens is 1. The normalized spacial score (nSPS) is 10.9. The van der Waals surface area contributed by atoms with Gasteiger partial charge in [-0.05, 0) is 128 Å². The van der Waals surface area contributed by atoms with Gasteiger partial charge in [-0.3, -0.25) is 0 Å². The van der Waals surface area contributed by atoms with Gasteiger partial charge in [0.2, 0.25) is 0 Å². The lowest BCUT2D eigenvalue weighted by Gasteiger charge is -2.25. The summed E-state index contributed by atoms with van der Waals surface area (Å²) < 4.78 is 0. The topological polar surface area (TPSA) is 41.3 Å². The first-order valence-corrected chi connectivity index (χ1v) is 18.1. The third kappa shape index (κ3) is 10.9. The molecule has 0 aromatic heterocycles. The molecule has 0 amide bonds. The van der Waals surface area contributed by atoms with Crippen molar-refractivity contribution in [2.45, 2.75) is 20.8 Å². The van der Waals surface area contributed by atoms with Crippen LogP contribution in [-0.4, -0.2) is 0 Å². The first-order valence-electron chi connectivity index (χ1n) is 17.7. The highest BCUT2D eigenvalue weighted by Gasteiger charge is 2.12. The predicted octanol–water partition coefficient (Wildman–Crippen LogP) is 14.1. The Hall–Kier alpha value is -6.29. The Balaban J connectivity index is 0.000000188. The largest absolute Gasteiger partial charge is 0.399 e. The van der Waals surface area contributed by atoms with Crippen molar-refractivity contribution in [1.29, 1.82) is 0 Å². The van der Waals surface area contributed by atoms with Crippen molar-refractivity contribution in [3.63, 3.8) is 0 Å². The molecule has 4 heteroatoms. The van der Waals surface area contributed by atoms with Crippen molar-refractivity contribution in [3.8, 4) is 0 Å². The van der Waals surface area contributed by atoms with E-state index in [9.17, 15) is 0 Å². The minimum atomic E-state index is 0.758. The minimum Gasteiger partial charge on any atom is -0.399 e. The zero-order valence-electron chi connectivity index (χ0n) is 30.4. The summed E-state index contributed by atoms with van der Waals surface area (Å²) in [5, 5.41) is 4.16. The number of hydrogen-bond donors (Lipinski definition) is 2. The summed E-state index contributed by atoms with van der Waals surface area (Å²) in [6, 6.07) is 58.4. The quantitative estimate of drug-likeness (QED) is 0.116. The fourth-order valence-electron chi connectivity index (χ4n) is 5.62. The molecule has 0 radical (unpaired) electrons. The van der Waals surface area contributed by atoms with Gasteiger partial charge >= 0.3 is 0 Å². The number of nitrogens with zero attached hydrogens (tertiary/aromatic N) is 1. The van der Waals surface area contributed by atoms with Crippen LogP contribution < -0.4 is 16.0 Å². The zero-order chi connectivity index (χ0) is 37.0. The van der Waals surface area contributed by atoms with E-state index in [0.717, 1.165) is 61.4 Å². The molecular formula is C49H44ClN3. The molecule has 7 rings (SSSR count). The minimum absolute atomic E-state index is 0.758. The highest BCUT2D eigenvalue weighted by molar-refractivity contribution is 6.30. The molecule has 3 nitrogen and oxygen atoms in total. The van der Waals surface area contributed by atoms with Crippen LogP contribution in [0.15, 0.2) is 170 Å². The lowest BCUT2D eigenvalue weighted by atomic mass is 10.1. The molecule has 0 aliphatic carbocycles. The molecule has 0 atom stereocenters. The van der Waals surface area contributed by atoms with E-state index in [2.05, 4.69) is 177 Å². The van der Waals surface area contributed by atoms with E-state index in [1.165, 1.54) is 16.7 Å². The monoisotopic (exact) mass is 709 g/mol. The highest BCUT2D eigenvalue weighted by atomic mass is 35.5. The molecule has 3 N–H and O–H groups in total. The van der Waals surface area contributed by atoms with E-state index >= 15 is 0 Å². The summed E-state index contributed by atoms with van der Waals surface area (Å²) in [6.07, 6.45) is 8.40. The Bertz CT molecular complexity index is 2190. The molecule has 53 heavy (non-hydrogen) atoms. The van der Waals surface area contributed by atoms with Crippen LogP contribution in [0.5, 0.6) is 0 Å². The van der Waals surface area contributed by atoms with Gasteiger partial charge < -0.3 is 16.0 Å². The van der Waals surface area contributed by atoms with Crippen LogP contribution in [0.4, 0.5) is 34.1 Å². The van der Waals surface area contributed by atoms with E-state index in [4.69, 9.17) is 17.3 Å². The summed E-state index contributed by atoms with van der Waals surface area (Å²) in [7, 11) is 0. The smallest absolute Gasteiger partial charge is 0.0462 e. The maximum Gasteiger partial charge on any atom is 0.0462 e. The van der Waals surface area contributed by atoms with Crippen molar-refractivity contribution in [3.05, 3.63) is 214 Å². The molecule has 0 saturated carbocycles. The number of aryl methyl sites for hydroxylation is 3. The van der Waals surface area contributed by atoms with Crippen LogP contribution in [0, 0.1) is 20.8 Å². The second kappa shape index (κ2) is 17.8. The third-order valence-electron chi connectivity index (χ3n) is 8.73. The maximum absolute atomic E-state index is 5.89. The predicted molar refractivity (Wildman–Crippen MR) is 232 cm³/mol. The Morgan fingerprint density at radius 1 is 0.396 bits per heavy atom. The molecule has 0 aliphatic rings. The van der Waals surface area contributed by atoms with Crippen molar-refractivity contribution in [2.24, 2.45) is 0 Å². The van der Waals surface area contributed by atoms with Crippen LogP contribution in [0.1, 0.15) is 38.9 Å². The standard InChI is InChI=1S/C28H26N2.C21H18ClN/c1-21-3-15-26(16-4-21)30(27-17-5-22(2)6-18-27)28-19-11-24(12-20-28)8-7-23-9-13-25(29)14-10-23;1-16-2-12-20(13-3-16)23-21-14-8-18(9-15-21)5-4-17-6-10-19(22)11-7-17/h3-20H,29H2,1-2H3;2-15,23H,1H3. The first-order chi connectivity index (χ1) is 25.8. The van der Waals surface area contributed by atoms with Gasteiger partial charge in [-0.2, -0.15) is 0 Å². The molecule has 0 fully saturated rings. The SMILES string of the molecule is Cc1ccc(N(c2ccc(C)cc2)c2ccc(C=Cc3ccc(N)cc3)cc2)cc1.Cc1ccc(Nc2ccc(C=Cc3ccc(Cl)cc3)cc2)cc1. The summed E-state index contributed by atoms with van der Waals surface area (Å²) in [5.74, 6) is 0. The number of nitrogens with two attached hydrogens (primary N) is 1. The number of anilines is 6. The maximum atomic E-state index is 5.89. The van der Waals surface area contributed by atoms with Crippen molar-refractivity contribution >= 4 is 70.0 Å². The molecule has 7 aromatic rings. The van der Waals surface area contributed by atoms with Gasteiger partial charge in [-0.15, -0.1) is 0 Å². The van der Waals surface area contributed by atoms with Crippen LogP contribution in [0.2, 0.25) is 5.02 Å². The molecule has 0 saturated heterocycles. The van der Waals surface area contributed by atoms with Crippen LogP contribution >= 0.6 is 11.6 Å². The van der Waals surface area contributed by atoms with E-state index in [-0.39, 0.29) is 0 Å². The molecule has 0 heterocycles. The summed E-state index contributed by atoms with van der Waals surface area (Å²) >= 11 is 5.89. The number of benzene rings is 7. The third-order valence-corrected chi connectivity index (χ3v) is 8.98. The van der Waals surface area contributed by atoms with Gasteiger partial charge in [0.25, 0.3) is 0 Å². The second-order valence-electron chi connectivity index (χ2n) is 13.1. The van der Waals surface area contributed by atoms with E-state index < -0.39 is 0 Å². The van der Waals surface area contributed by atoms with Crippen LogP contribution in [0.25, 0.3) is 24.3 Å². The summed E-state index contributed by atoms with van der Waals surface area (Å²) in [6.45, 7) is 6.32. The highest BCUT2D eigenvalue weighted by Crippen LogP contribution is 2.35. The van der Waals surface area contributed by atoms with Crippen molar-refractivity contribution < 1.29 is 0 Å². The van der Waals surface area contributed by atoms with Gasteiger partial charge in [0.05, 0.1) is 0 Å². The first kappa shape index (κ1) is 36.5. The lowest BCUT2D eigenvalue weighted by molar-refractivity contribution is 1.27. The van der Waals surface area contributed by atoms with E-state index in [1.807, 2.05) is 48.5 Å². The van der Waals surface area contributed by atoms with Gasteiger partial charge in [0, 0.05) is 39.1 Å². The zero-order valence-corrected chi connectivity index (χ0v) is 31.1. The number of nitrogens with one attached hydrogen (secondary N) is 1. The molecule has 0 bridgehead atoms. The van der Waals surface area contributed by atoms with Gasteiger partial charge in [0.1, 0.15) is 0 Å². The van der Waals surface area contributed by atoms with Gasteiger partial charge in [-0.25, -0.2) is 0 Å². The average Bonchev–Trinajstić information content (AvgIpc) is 3.18. The lowest BCUT2D eigenvalue weighted by Crippen LogP contribution is -2.09. The van der Waals surface area contributed by atoms with Crippen molar-refractivity contribution in [1.82, 2.24) is 0 Å². The van der Waals surface area contributed by atoms with Crippen LogP contribution in [-0.2, 0) is 0 Å². The van der Waals surface area contributed by atoms with E-state index in [0.29, 0.717) is 0 Å². The molecule has 0 aliphatic heterocycles. The Labute approximate surface area is 319 Å². The Morgan fingerprint density at radius 2 is 0.679 bits per heavy atom.